The zero-order valence-corrected chi connectivity index (χ0v) is 22.3. The molecule has 214 valence electrons. The number of rotatable bonds is 12. The van der Waals surface area contributed by atoms with Gasteiger partial charge in [0.05, 0.1) is 34.4 Å². The van der Waals surface area contributed by atoms with E-state index in [-0.39, 0.29) is 76.5 Å². The van der Waals surface area contributed by atoms with E-state index in [2.05, 4.69) is 5.32 Å². The lowest BCUT2D eigenvalue weighted by Gasteiger charge is -2.20. The topological polar surface area (TPSA) is 115 Å². The minimum atomic E-state index is -3.21. The molecule has 4 rings (SSSR count). The summed E-state index contributed by atoms with van der Waals surface area (Å²) in [4.78, 5) is 25.7. The Labute approximate surface area is 253 Å². The van der Waals surface area contributed by atoms with Gasteiger partial charge in [0.15, 0.2) is 0 Å². The Morgan fingerprint density at radius 3 is 2.20 bits per heavy atom. The fraction of sp³-hybridized carbons (Fsp3) is 0.273. The maximum Gasteiger partial charge on any atom is 0.258 e. The Kier molecular flexibility index (Phi) is 6.19. The van der Waals surface area contributed by atoms with E-state index < -0.39 is 72.8 Å². The highest BCUT2D eigenvalue weighted by Gasteiger charge is 2.30. The molecular weight excluding hydrogens is 523 g/mol. The number of benzene rings is 3. The number of carbonyl (C=O) groups excluding carboxylic acids is 2. The molecule has 0 radical (unpaired) electrons. The Balaban J connectivity index is 2.09. The molecule has 0 aliphatic carbocycles. The number of nitrogens with one attached hydrogen (secondary N) is 1. The minimum absolute atomic E-state index is 0.130. The van der Waals surface area contributed by atoms with Gasteiger partial charge in [-0.1, -0.05) is 62.3 Å². The number of halogens is 1. The van der Waals surface area contributed by atoms with Gasteiger partial charge in [0.25, 0.3) is 5.91 Å². The molecular formula is C33H34FN2O5-. The number of carboxylic acids is 1. The molecule has 0 fully saturated rings. The van der Waals surface area contributed by atoms with Crippen molar-refractivity contribution in [3.63, 3.8) is 0 Å². The van der Waals surface area contributed by atoms with Crippen LogP contribution in [0.4, 0.5) is 10.1 Å². The predicted molar refractivity (Wildman–Crippen MR) is 155 cm³/mol. The van der Waals surface area contributed by atoms with Crippen LogP contribution in [0.2, 0.25) is 0 Å². The number of carboxylic acid groups (broad SMARTS) is 1. The zero-order chi connectivity index (χ0) is 38.3. The molecule has 0 spiro atoms. The third-order valence-electron chi connectivity index (χ3n) is 6.18. The Bertz CT molecular complexity index is 1950. The van der Waals surface area contributed by atoms with Gasteiger partial charge in [0.2, 0.25) is 0 Å². The number of aliphatic hydroxyl groups excluding tert-OH is 2. The Morgan fingerprint density at radius 1 is 1.00 bits per heavy atom. The first kappa shape index (κ1) is 19.0. The van der Waals surface area contributed by atoms with Crippen LogP contribution in [0.15, 0.2) is 84.7 Å². The summed E-state index contributed by atoms with van der Waals surface area (Å²) in [7, 11) is 0. The third-order valence-corrected chi connectivity index (χ3v) is 6.18. The predicted octanol–water partition coefficient (Wildman–Crippen LogP) is 4.98. The van der Waals surface area contributed by atoms with E-state index in [1.54, 1.807) is 13.8 Å². The number of aliphatic carboxylic acids is 1. The first-order chi connectivity index (χ1) is 23.7. The second-order valence-corrected chi connectivity index (χ2v) is 9.45. The summed E-state index contributed by atoms with van der Waals surface area (Å²) in [5.74, 6) is -4.70. The lowest BCUT2D eigenvalue weighted by atomic mass is 9.94. The molecule has 3 aromatic carbocycles. The molecule has 4 aromatic rings. The van der Waals surface area contributed by atoms with E-state index in [0.717, 1.165) is 36.4 Å². The van der Waals surface area contributed by atoms with Gasteiger partial charge < -0.3 is 30.0 Å². The van der Waals surface area contributed by atoms with Gasteiger partial charge in [-0.25, -0.2) is 4.39 Å². The number of para-hydroxylation sites is 1. The zero-order valence-electron chi connectivity index (χ0n) is 32.3. The average Bonchev–Trinajstić information content (AvgIpc) is 3.31. The number of anilines is 1. The summed E-state index contributed by atoms with van der Waals surface area (Å²) in [5, 5.41) is 34.9. The molecule has 0 saturated carbocycles. The number of hydrogen-bond acceptors (Lipinski definition) is 5. The van der Waals surface area contributed by atoms with Gasteiger partial charge in [0, 0.05) is 38.6 Å². The van der Waals surface area contributed by atoms with E-state index in [1.165, 1.54) is 4.57 Å². The number of nitrogens with zero attached hydrogens (tertiary/aromatic N) is 1. The van der Waals surface area contributed by atoms with Gasteiger partial charge in [0.1, 0.15) is 5.82 Å². The summed E-state index contributed by atoms with van der Waals surface area (Å²) in [6.07, 6.45) is -8.06. The van der Waals surface area contributed by atoms with E-state index in [0.29, 0.717) is 0 Å². The molecule has 0 aliphatic heterocycles. The summed E-state index contributed by atoms with van der Waals surface area (Å²) in [6, 6.07) is 3.08. The van der Waals surface area contributed by atoms with Crippen LogP contribution in [0.1, 0.15) is 68.7 Å². The van der Waals surface area contributed by atoms with Gasteiger partial charge in [-0.15, -0.1) is 0 Å². The molecule has 8 heteroatoms. The van der Waals surface area contributed by atoms with Crippen molar-refractivity contribution in [2.45, 2.75) is 57.7 Å². The molecule has 7 nitrogen and oxygen atoms in total. The van der Waals surface area contributed by atoms with Crippen LogP contribution in [-0.4, -0.2) is 38.9 Å². The number of hydrogen-bond donors (Lipinski definition) is 3. The quantitative estimate of drug-likeness (QED) is 0.223. The maximum absolute atomic E-state index is 14.5. The van der Waals surface area contributed by atoms with Crippen LogP contribution >= 0.6 is 0 Å². The summed E-state index contributed by atoms with van der Waals surface area (Å²) in [5.41, 5.74) is -1.15. The van der Waals surface area contributed by atoms with Crippen LogP contribution in [-0.2, 0) is 11.3 Å². The summed E-state index contributed by atoms with van der Waals surface area (Å²) in [6.45, 7) is 3.02. The van der Waals surface area contributed by atoms with Crippen molar-refractivity contribution in [1.82, 2.24) is 4.57 Å². The van der Waals surface area contributed by atoms with Crippen LogP contribution < -0.4 is 10.4 Å². The van der Waals surface area contributed by atoms with Gasteiger partial charge in [-0.2, -0.15) is 0 Å². The molecule has 1 heterocycles. The fourth-order valence-electron chi connectivity index (χ4n) is 4.57. The number of aliphatic hydroxyl groups is 2. The van der Waals surface area contributed by atoms with Crippen LogP contribution in [0.5, 0.6) is 0 Å². The average molecular weight is 568 g/mol. The maximum atomic E-state index is 14.5. The lowest BCUT2D eigenvalue weighted by molar-refractivity contribution is -0.307. The molecule has 0 aliphatic rings. The van der Waals surface area contributed by atoms with Gasteiger partial charge >= 0.3 is 0 Å². The van der Waals surface area contributed by atoms with Gasteiger partial charge in [-0.3, -0.25) is 4.79 Å². The highest BCUT2D eigenvalue weighted by molar-refractivity contribution is 6.12. The summed E-state index contributed by atoms with van der Waals surface area (Å²) < 4.78 is 98.5. The highest BCUT2D eigenvalue weighted by Crippen LogP contribution is 2.42. The summed E-state index contributed by atoms with van der Waals surface area (Å²) >= 11 is 0. The molecule has 0 bridgehead atoms. The number of aromatic nitrogens is 1. The molecule has 0 saturated heterocycles. The van der Waals surface area contributed by atoms with E-state index in [9.17, 15) is 29.3 Å². The van der Waals surface area contributed by atoms with Crippen LogP contribution in [0.3, 0.4) is 0 Å². The standard InChI is InChI=1S/C33H35FN2O5/c1-21(2)31-30(33(41)35-25-11-7-4-8-12-25)29(22-9-5-3-6-10-22)32(23-13-15-24(34)16-14-23)36(31)18-17-26(37)19-27(38)20-28(39)40/h3-16,21,26-27,37-38H,17-20H2,1-2H3,(H,35,41)(H,39,40)/p-1/t26-,27-/m1/s1/i3D,4D,9D,10D,11D,12D,13D,14D,20D2. The number of amides is 1. The second kappa shape index (κ2) is 13.4. The second-order valence-electron chi connectivity index (χ2n) is 9.45. The van der Waals surface area contributed by atoms with Crippen molar-refractivity contribution >= 4 is 17.6 Å². The molecule has 1 amide bonds. The van der Waals surface area contributed by atoms with E-state index >= 15 is 0 Å². The van der Waals surface area contributed by atoms with Crippen LogP contribution in [0, 0.1) is 5.82 Å². The highest BCUT2D eigenvalue weighted by atomic mass is 19.1. The SMILES string of the molecule is [2H]c1cc([2H])c(NC(=O)c2c(-c3c([2H])cc([2H])cc3[2H])c(-c3c([2H])cc(F)cc3[2H])n(CC[C@@H](O)C[C@@H](O)C([2H])([2H])C(=O)[O-])c2C(C)C)c([2H])c1. The minimum Gasteiger partial charge on any atom is -0.550 e. The van der Waals surface area contributed by atoms with Crippen molar-refractivity contribution in [3.8, 4) is 22.4 Å². The number of carbonyl (C=O) groups is 2. The van der Waals surface area contributed by atoms with E-state index in [4.69, 9.17) is 13.7 Å². The molecule has 2 atom stereocenters. The molecule has 3 N–H and O–H groups in total. The first-order valence-electron chi connectivity index (χ1n) is 17.8. The smallest absolute Gasteiger partial charge is 0.258 e. The third kappa shape index (κ3) is 7.28. The molecule has 41 heavy (non-hydrogen) atoms. The van der Waals surface area contributed by atoms with Gasteiger partial charge in [-0.05, 0) is 66.2 Å². The Morgan fingerprint density at radius 2 is 1.61 bits per heavy atom. The van der Waals surface area contributed by atoms with E-state index in [1.807, 2.05) is 0 Å². The molecule has 1 aromatic heterocycles. The Hall–Kier alpha value is -4.27. The van der Waals surface area contributed by atoms with Crippen molar-refractivity contribution in [2.75, 3.05) is 5.32 Å². The lowest BCUT2D eigenvalue weighted by Crippen LogP contribution is -2.29. The fourth-order valence-corrected chi connectivity index (χ4v) is 4.57. The van der Waals surface area contributed by atoms with Crippen molar-refractivity contribution < 1.29 is 43.0 Å². The van der Waals surface area contributed by atoms with Crippen molar-refractivity contribution in [1.29, 1.82) is 0 Å². The van der Waals surface area contributed by atoms with Crippen molar-refractivity contribution in [2.24, 2.45) is 0 Å². The monoisotopic (exact) mass is 567 g/mol. The first-order valence-corrected chi connectivity index (χ1v) is 12.8. The normalized spacial score (nSPS) is 16.5. The van der Waals surface area contributed by atoms with Crippen molar-refractivity contribution in [3.05, 3.63) is 102 Å². The largest absolute Gasteiger partial charge is 0.550 e. The molecule has 0 unspecified atom stereocenters. The van der Waals surface area contributed by atoms with Crippen LogP contribution in [0.25, 0.3) is 22.4 Å².